The van der Waals surface area contributed by atoms with Crippen LogP contribution in [0.2, 0.25) is 0 Å². The summed E-state index contributed by atoms with van der Waals surface area (Å²) in [5.41, 5.74) is 5.44. The smallest absolute Gasteiger partial charge is 0.0528 e. The molecular weight excluding hydrogens is 130 g/mol. The summed E-state index contributed by atoms with van der Waals surface area (Å²) in [6, 6.07) is 0. The fourth-order valence-electron chi connectivity index (χ4n) is 0.852. The van der Waals surface area contributed by atoms with E-state index in [0.717, 1.165) is 0 Å². The van der Waals surface area contributed by atoms with Crippen LogP contribution in [-0.2, 0) is 4.74 Å². The molecule has 0 radical (unpaired) electrons. The minimum atomic E-state index is -0.0521. The van der Waals surface area contributed by atoms with Crippen molar-refractivity contribution in [1.29, 1.82) is 0 Å². The van der Waals surface area contributed by atoms with Gasteiger partial charge in [-0.15, -0.1) is 0 Å². The van der Waals surface area contributed by atoms with E-state index < -0.39 is 0 Å². The normalized spacial score (nSPS) is 16.8. The zero-order valence-electron chi connectivity index (χ0n) is 6.76. The lowest BCUT2D eigenvalue weighted by atomic mass is 9.88. The second-order valence-corrected chi connectivity index (χ2v) is 2.92. The second kappa shape index (κ2) is 4.66. The van der Waals surface area contributed by atoms with E-state index in [2.05, 4.69) is 0 Å². The molecule has 3 nitrogen and oxygen atoms in total. The van der Waals surface area contributed by atoms with Gasteiger partial charge in [0.1, 0.15) is 0 Å². The van der Waals surface area contributed by atoms with Gasteiger partial charge in [-0.2, -0.15) is 0 Å². The molecule has 1 unspecified atom stereocenters. The number of rotatable bonds is 5. The van der Waals surface area contributed by atoms with E-state index in [1.54, 1.807) is 7.11 Å². The molecule has 0 rings (SSSR count). The SMILES string of the molecule is COCC(C)(CN)CCO. The highest BCUT2D eigenvalue weighted by molar-refractivity contribution is 4.73. The Morgan fingerprint density at radius 1 is 1.60 bits per heavy atom. The number of ether oxygens (including phenoxy) is 1. The standard InChI is InChI=1S/C7H17NO2/c1-7(5-8,3-4-9)6-10-2/h9H,3-6,8H2,1-2H3. The van der Waals surface area contributed by atoms with E-state index in [-0.39, 0.29) is 12.0 Å². The van der Waals surface area contributed by atoms with Crippen LogP contribution < -0.4 is 5.73 Å². The zero-order valence-corrected chi connectivity index (χ0v) is 6.76. The maximum Gasteiger partial charge on any atom is 0.0528 e. The highest BCUT2D eigenvalue weighted by Crippen LogP contribution is 2.18. The molecule has 3 heteroatoms. The first kappa shape index (κ1) is 9.88. The van der Waals surface area contributed by atoms with E-state index in [0.29, 0.717) is 19.6 Å². The molecule has 0 aliphatic rings. The van der Waals surface area contributed by atoms with Crippen LogP contribution in [0.15, 0.2) is 0 Å². The molecule has 0 fully saturated rings. The Kier molecular flexibility index (Phi) is 4.60. The van der Waals surface area contributed by atoms with Gasteiger partial charge in [-0.05, 0) is 13.0 Å². The first-order chi connectivity index (χ1) is 4.68. The quantitative estimate of drug-likeness (QED) is 0.574. The molecule has 0 aromatic rings. The second-order valence-electron chi connectivity index (χ2n) is 2.92. The van der Waals surface area contributed by atoms with Crippen molar-refractivity contribution in [1.82, 2.24) is 0 Å². The van der Waals surface area contributed by atoms with Gasteiger partial charge in [0.25, 0.3) is 0 Å². The summed E-state index contributed by atoms with van der Waals surface area (Å²) in [6.07, 6.45) is 0.706. The van der Waals surface area contributed by atoms with Crippen LogP contribution in [0.25, 0.3) is 0 Å². The largest absolute Gasteiger partial charge is 0.396 e. The van der Waals surface area contributed by atoms with Gasteiger partial charge < -0.3 is 15.6 Å². The summed E-state index contributed by atoms with van der Waals surface area (Å²) < 4.78 is 4.96. The van der Waals surface area contributed by atoms with Crippen molar-refractivity contribution in [2.75, 3.05) is 26.9 Å². The number of nitrogens with two attached hydrogens (primary N) is 1. The van der Waals surface area contributed by atoms with Crippen molar-refractivity contribution in [3.05, 3.63) is 0 Å². The van der Waals surface area contributed by atoms with Gasteiger partial charge in [0.05, 0.1) is 6.61 Å². The summed E-state index contributed by atoms with van der Waals surface area (Å²) in [4.78, 5) is 0. The van der Waals surface area contributed by atoms with E-state index in [9.17, 15) is 0 Å². The summed E-state index contributed by atoms with van der Waals surface area (Å²) in [6.45, 7) is 3.36. The molecule has 3 N–H and O–H groups in total. The lowest BCUT2D eigenvalue weighted by molar-refractivity contribution is 0.0756. The maximum absolute atomic E-state index is 8.65. The first-order valence-corrected chi connectivity index (χ1v) is 3.48. The molecule has 0 aromatic heterocycles. The first-order valence-electron chi connectivity index (χ1n) is 3.48. The molecule has 62 valence electrons. The Balaban J connectivity index is 3.69. The number of hydrogen-bond acceptors (Lipinski definition) is 3. The van der Waals surface area contributed by atoms with Gasteiger partial charge in [0.15, 0.2) is 0 Å². The average Bonchev–Trinajstić information content (AvgIpc) is 1.89. The Bertz CT molecular complexity index is 79.7. The van der Waals surface area contributed by atoms with Crippen LogP contribution in [0.5, 0.6) is 0 Å². The highest BCUT2D eigenvalue weighted by atomic mass is 16.5. The molecule has 0 aliphatic carbocycles. The van der Waals surface area contributed by atoms with Gasteiger partial charge >= 0.3 is 0 Å². The van der Waals surface area contributed by atoms with Crippen LogP contribution in [0, 0.1) is 5.41 Å². The molecule has 1 atom stereocenters. The van der Waals surface area contributed by atoms with Crippen LogP contribution in [0.3, 0.4) is 0 Å². The molecule has 0 aliphatic heterocycles. The summed E-state index contributed by atoms with van der Waals surface area (Å²) in [5.74, 6) is 0. The number of aliphatic hydroxyl groups is 1. The van der Waals surface area contributed by atoms with E-state index in [1.807, 2.05) is 6.92 Å². The van der Waals surface area contributed by atoms with E-state index >= 15 is 0 Å². The molecule has 0 spiro atoms. The molecule has 0 saturated heterocycles. The molecule has 0 heterocycles. The molecule has 0 saturated carbocycles. The molecule has 0 aromatic carbocycles. The maximum atomic E-state index is 8.65. The summed E-state index contributed by atoms with van der Waals surface area (Å²) in [5, 5.41) is 8.65. The topological polar surface area (TPSA) is 55.5 Å². The van der Waals surface area contributed by atoms with Gasteiger partial charge in [0.2, 0.25) is 0 Å². The average molecular weight is 147 g/mol. The predicted octanol–water partition coefficient (Wildman–Crippen LogP) is -0.0198. The van der Waals surface area contributed by atoms with Crippen molar-refractivity contribution in [3.8, 4) is 0 Å². The third-order valence-corrected chi connectivity index (χ3v) is 1.70. The lowest BCUT2D eigenvalue weighted by Gasteiger charge is -2.25. The molecular formula is C7H17NO2. The van der Waals surface area contributed by atoms with E-state index in [4.69, 9.17) is 15.6 Å². The van der Waals surface area contributed by atoms with Crippen molar-refractivity contribution in [2.24, 2.45) is 11.1 Å². The van der Waals surface area contributed by atoms with E-state index in [1.165, 1.54) is 0 Å². The third kappa shape index (κ3) is 3.15. The van der Waals surface area contributed by atoms with Crippen LogP contribution in [0.4, 0.5) is 0 Å². The van der Waals surface area contributed by atoms with Crippen LogP contribution in [0.1, 0.15) is 13.3 Å². The van der Waals surface area contributed by atoms with Crippen molar-refractivity contribution >= 4 is 0 Å². The van der Waals surface area contributed by atoms with Crippen LogP contribution in [-0.4, -0.2) is 32.0 Å². The number of aliphatic hydroxyl groups excluding tert-OH is 1. The van der Waals surface area contributed by atoms with Gasteiger partial charge in [-0.1, -0.05) is 6.92 Å². The highest BCUT2D eigenvalue weighted by Gasteiger charge is 2.21. The lowest BCUT2D eigenvalue weighted by Crippen LogP contribution is -2.32. The molecule has 0 bridgehead atoms. The minimum absolute atomic E-state index is 0.0521. The van der Waals surface area contributed by atoms with Gasteiger partial charge in [-0.3, -0.25) is 0 Å². The molecule has 0 amide bonds. The fourth-order valence-corrected chi connectivity index (χ4v) is 0.852. The number of methoxy groups -OCH3 is 1. The minimum Gasteiger partial charge on any atom is -0.396 e. The van der Waals surface area contributed by atoms with Crippen molar-refractivity contribution < 1.29 is 9.84 Å². The Hall–Kier alpha value is -0.120. The summed E-state index contributed by atoms with van der Waals surface area (Å²) in [7, 11) is 1.64. The monoisotopic (exact) mass is 147 g/mol. The van der Waals surface area contributed by atoms with Gasteiger partial charge in [0, 0.05) is 19.1 Å². The number of hydrogen-bond donors (Lipinski definition) is 2. The van der Waals surface area contributed by atoms with Crippen LogP contribution >= 0.6 is 0 Å². The van der Waals surface area contributed by atoms with Gasteiger partial charge in [-0.25, -0.2) is 0 Å². The Morgan fingerprint density at radius 2 is 2.20 bits per heavy atom. The molecule has 10 heavy (non-hydrogen) atoms. The Morgan fingerprint density at radius 3 is 2.50 bits per heavy atom. The zero-order chi connectivity index (χ0) is 8.04. The predicted molar refractivity (Wildman–Crippen MR) is 40.7 cm³/mol. The van der Waals surface area contributed by atoms with Crippen molar-refractivity contribution in [3.63, 3.8) is 0 Å². The van der Waals surface area contributed by atoms with Crippen molar-refractivity contribution in [2.45, 2.75) is 13.3 Å². The fraction of sp³-hybridized carbons (Fsp3) is 1.00. The third-order valence-electron chi connectivity index (χ3n) is 1.70. The Labute approximate surface area is 62.2 Å². The summed E-state index contributed by atoms with van der Waals surface area (Å²) >= 11 is 0.